The molecule has 5 nitrogen and oxygen atoms in total. The fourth-order valence-electron chi connectivity index (χ4n) is 4.68. The van der Waals surface area contributed by atoms with Gasteiger partial charge in [0.05, 0.1) is 23.3 Å². The first kappa shape index (κ1) is 21.7. The van der Waals surface area contributed by atoms with Crippen LogP contribution in [0.15, 0.2) is 41.4 Å². The predicted octanol–water partition coefficient (Wildman–Crippen LogP) is 5.99. The largest absolute Gasteiger partial charge is 0.302 e. The molecule has 2 unspecified atom stereocenters. The summed E-state index contributed by atoms with van der Waals surface area (Å²) in [5.74, 6) is -0.867. The van der Waals surface area contributed by atoms with E-state index in [0.717, 1.165) is 6.29 Å². The molecule has 160 valence electrons. The zero-order valence-electron chi connectivity index (χ0n) is 17.5. The van der Waals surface area contributed by atoms with Crippen LogP contribution in [0.2, 0.25) is 10.0 Å². The van der Waals surface area contributed by atoms with E-state index in [1.165, 1.54) is 6.92 Å². The number of carbonyl (C=O) groups is 3. The van der Waals surface area contributed by atoms with Crippen molar-refractivity contribution in [2.45, 2.75) is 39.7 Å². The van der Waals surface area contributed by atoms with Gasteiger partial charge in [-0.2, -0.15) is 0 Å². The van der Waals surface area contributed by atoms with E-state index in [0.29, 0.717) is 51.1 Å². The van der Waals surface area contributed by atoms with Gasteiger partial charge in [0.25, 0.3) is 0 Å². The SMILES string of the molecule is CC(=O)N1c2ccc(C=O)cc2N=C2CC(C)(C)CC(=O)C2C1c1ccc(Cl)cc1Cl. The van der Waals surface area contributed by atoms with Gasteiger partial charge in [0.1, 0.15) is 12.1 Å². The number of aldehydes is 1. The van der Waals surface area contributed by atoms with Gasteiger partial charge in [-0.3, -0.25) is 19.4 Å². The van der Waals surface area contributed by atoms with Crippen molar-refractivity contribution < 1.29 is 14.4 Å². The Bertz CT molecular complexity index is 1140. The second-order valence-corrected chi connectivity index (χ2v) is 9.77. The molecule has 2 atom stereocenters. The number of hydrogen-bond donors (Lipinski definition) is 0. The third-order valence-corrected chi connectivity index (χ3v) is 6.45. The van der Waals surface area contributed by atoms with Crippen LogP contribution >= 0.6 is 23.2 Å². The van der Waals surface area contributed by atoms with Gasteiger partial charge in [-0.1, -0.05) is 43.1 Å². The topological polar surface area (TPSA) is 66.8 Å². The molecule has 0 bridgehead atoms. The first-order valence-electron chi connectivity index (χ1n) is 10.1. The van der Waals surface area contributed by atoms with E-state index in [9.17, 15) is 14.4 Å². The highest BCUT2D eigenvalue weighted by molar-refractivity contribution is 6.35. The number of carbonyl (C=O) groups excluding carboxylic acids is 3. The second kappa shape index (κ2) is 7.88. The number of fused-ring (bicyclic) bond motifs is 2. The molecule has 1 heterocycles. The van der Waals surface area contributed by atoms with Crippen molar-refractivity contribution in [2.24, 2.45) is 16.3 Å². The highest BCUT2D eigenvalue weighted by Crippen LogP contribution is 2.49. The van der Waals surface area contributed by atoms with Crippen LogP contribution in [0.1, 0.15) is 55.6 Å². The molecular formula is C24H22Cl2N2O3. The minimum atomic E-state index is -0.659. The monoisotopic (exact) mass is 456 g/mol. The van der Waals surface area contributed by atoms with E-state index in [-0.39, 0.29) is 17.1 Å². The zero-order valence-corrected chi connectivity index (χ0v) is 19.0. The van der Waals surface area contributed by atoms with Gasteiger partial charge in [0.2, 0.25) is 5.91 Å². The van der Waals surface area contributed by atoms with E-state index in [4.69, 9.17) is 28.2 Å². The quantitative estimate of drug-likeness (QED) is 0.520. The van der Waals surface area contributed by atoms with Gasteiger partial charge in [-0.25, -0.2) is 0 Å². The summed E-state index contributed by atoms with van der Waals surface area (Å²) in [6.07, 6.45) is 1.71. The minimum Gasteiger partial charge on any atom is -0.302 e. The number of hydrogen-bond acceptors (Lipinski definition) is 4. The number of halogens is 2. The number of Topliss-reactive ketones (excluding diaryl/α,β-unsaturated/α-hetero) is 1. The molecule has 1 saturated carbocycles. The average Bonchev–Trinajstić information content (AvgIpc) is 2.80. The standard InChI is InChI=1S/C24H22Cl2N2O3/c1-13(30)28-20-7-4-14(12-29)8-18(20)27-19-10-24(2,3)11-21(31)22(19)23(28)16-6-5-15(25)9-17(16)26/h4-9,12,22-23H,10-11H2,1-3H3. The van der Waals surface area contributed by atoms with Crippen molar-refractivity contribution in [1.29, 1.82) is 0 Å². The maximum absolute atomic E-state index is 13.5. The van der Waals surface area contributed by atoms with Crippen molar-refractivity contribution >= 4 is 58.3 Å². The van der Waals surface area contributed by atoms with Crippen LogP contribution in [0.3, 0.4) is 0 Å². The fourth-order valence-corrected chi connectivity index (χ4v) is 5.20. The van der Waals surface area contributed by atoms with Crippen LogP contribution in [-0.4, -0.2) is 23.7 Å². The number of aliphatic imine (C=N–C) groups is 1. The molecule has 7 heteroatoms. The lowest BCUT2D eigenvalue weighted by molar-refractivity contribution is -0.124. The number of ketones is 1. The first-order chi connectivity index (χ1) is 14.6. The van der Waals surface area contributed by atoms with E-state index in [1.54, 1.807) is 41.3 Å². The fraction of sp³-hybridized carbons (Fsp3) is 0.333. The van der Waals surface area contributed by atoms with Gasteiger partial charge >= 0.3 is 0 Å². The Morgan fingerprint density at radius 3 is 2.55 bits per heavy atom. The molecule has 0 aromatic heterocycles. The molecule has 4 rings (SSSR count). The van der Waals surface area contributed by atoms with Crippen molar-refractivity contribution in [3.63, 3.8) is 0 Å². The van der Waals surface area contributed by atoms with Gasteiger partial charge in [-0.05, 0) is 47.7 Å². The first-order valence-corrected chi connectivity index (χ1v) is 10.8. The molecule has 1 aliphatic heterocycles. The van der Waals surface area contributed by atoms with Crippen LogP contribution in [0.5, 0.6) is 0 Å². The maximum Gasteiger partial charge on any atom is 0.224 e. The number of nitrogens with zero attached hydrogens (tertiary/aromatic N) is 2. The van der Waals surface area contributed by atoms with E-state index >= 15 is 0 Å². The number of benzene rings is 2. The lowest BCUT2D eigenvalue weighted by Gasteiger charge is -2.41. The molecule has 0 spiro atoms. The van der Waals surface area contributed by atoms with Crippen molar-refractivity contribution in [2.75, 3.05) is 4.90 Å². The Morgan fingerprint density at radius 1 is 1.16 bits per heavy atom. The normalized spacial score (nSPS) is 22.2. The average molecular weight is 457 g/mol. The molecule has 0 saturated heterocycles. The minimum absolute atomic E-state index is 0.0145. The Labute approximate surface area is 191 Å². The number of anilines is 1. The summed E-state index contributed by atoms with van der Waals surface area (Å²) in [5, 5.41) is 0.853. The van der Waals surface area contributed by atoms with Crippen molar-refractivity contribution in [3.8, 4) is 0 Å². The lowest BCUT2D eigenvalue weighted by Crippen LogP contribution is -2.47. The van der Waals surface area contributed by atoms with Gasteiger partial charge < -0.3 is 4.90 Å². The summed E-state index contributed by atoms with van der Waals surface area (Å²) in [6.45, 7) is 5.52. The molecular weight excluding hydrogens is 435 g/mol. The summed E-state index contributed by atoms with van der Waals surface area (Å²) in [4.78, 5) is 44.2. The smallest absolute Gasteiger partial charge is 0.224 e. The van der Waals surface area contributed by atoms with Gasteiger partial charge in [-0.15, -0.1) is 0 Å². The molecule has 1 amide bonds. The molecule has 31 heavy (non-hydrogen) atoms. The summed E-state index contributed by atoms with van der Waals surface area (Å²) < 4.78 is 0. The molecule has 0 N–H and O–H groups in total. The van der Waals surface area contributed by atoms with E-state index in [2.05, 4.69) is 0 Å². The predicted molar refractivity (Wildman–Crippen MR) is 123 cm³/mol. The number of rotatable bonds is 2. The van der Waals surface area contributed by atoms with Crippen molar-refractivity contribution in [3.05, 3.63) is 57.6 Å². The molecule has 2 aromatic carbocycles. The summed E-state index contributed by atoms with van der Waals surface area (Å²) in [6, 6.07) is 9.43. The van der Waals surface area contributed by atoms with Crippen LogP contribution < -0.4 is 4.90 Å². The highest BCUT2D eigenvalue weighted by atomic mass is 35.5. The van der Waals surface area contributed by atoms with E-state index < -0.39 is 12.0 Å². The zero-order chi connectivity index (χ0) is 22.5. The Hall–Kier alpha value is -2.50. The summed E-state index contributed by atoms with van der Waals surface area (Å²) in [5.41, 5.74) is 2.57. The molecule has 2 aromatic rings. The third-order valence-electron chi connectivity index (χ3n) is 5.89. The Balaban J connectivity index is 2.03. The molecule has 0 radical (unpaired) electrons. The molecule has 1 fully saturated rings. The lowest BCUT2D eigenvalue weighted by atomic mass is 9.68. The Kier molecular flexibility index (Phi) is 5.52. The third kappa shape index (κ3) is 3.92. The second-order valence-electron chi connectivity index (χ2n) is 8.93. The van der Waals surface area contributed by atoms with Gasteiger partial charge in [0.15, 0.2) is 0 Å². The van der Waals surface area contributed by atoms with Crippen LogP contribution in [0.25, 0.3) is 0 Å². The van der Waals surface area contributed by atoms with E-state index in [1.807, 2.05) is 13.8 Å². The van der Waals surface area contributed by atoms with Crippen LogP contribution in [0, 0.1) is 11.3 Å². The Morgan fingerprint density at radius 2 is 1.90 bits per heavy atom. The molecule has 2 aliphatic rings. The summed E-state index contributed by atoms with van der Waals surface area (Å²) in [7, 11) is 0. The van der Waals surface area contributed by atoms with Crippen LogP contribution in [-0.2, 0) is 9.59 Å². The maximum atomic E-state index is 13.5. The molecule has 1 aliphatic carbocycles. The number of amides is 1. The summed E-state index contributed by atoms with van der Waals surface area (Å²) >= 11 is 12.7. The highest BCUT2D eigenvalue weighted by Gasteiger charge is 2.47. The van der Waals surface area contributed by atoms with Crippen molar-refractivity contribution in [1.82, 2.24) is 0 Å². The van der Waals surface area contributed by atoms with Gasteiger partial charge in [0, 0.05) is 34.7 Å². The van der Waals surface area contributed by atoms with Crippen LogP contribution in [0.4, 0.5) is 11.4 Å².